The van der Waals surface area contributed by atoms with Gasteiger partial charge in [0.15, 0.2) is 0 Å². The summed E-state index contributed by atoms with van der Waals surface area (Å²) in [6.07, 6.45) is 0. The summed E-state index contributed by atoms with van der Waals surface area (Å²) in [5.41, 5.74) is 1.64. The number of carbonyl (C=O) groups is 2. The molecule has 0 saturated carbocycles. The average molecular weight is 349 g/mol. The van der Waals surface area contributed by atoms with Crippen molar-refractivity contribution < 1.29 is 19.1 Å². The molecule has 0 unspecified atom stereocenters. The summed E-state index contributed by atoms with van der Waals surface area (Å²) in [4.78, 5) is 24.1. The highest BCUT2D eigenvalue weighted by Gasteiger charge is 2.17. The van der Waals surface area contributed by atoms with Crippen molar-refractivity contribution in [3.05, 3.63) is 47.0 Å². The first kappa shape index (κ1) is 17.6. The molecule has 0 radical (unpaired) electrons. The molecular weight excluding hydrogens is 332 g/mol. The molecule has 0 aliphatic heterocycles. The largest absolute Gasteiger partial charge is 0.497 e. The Balaban J connectivity index is 2.10. The minimum Gasteiger partial charge on any atom is -0.497 e. The molecule has 0 spiro atoms. The van der Waals surface area contributed by atoms with E-state index in [-0.39, 0.29) is 0 Å². The maximum absolute atomic E-state index is 12.1. The van der Waals surface area contributed by atoms with Gasteiger partial charge in [-0.2, -0.15) is 0 Å². The molecule has 0 fully saturated rings. The molecule has 0 atom stereocenters. The van der Waals surface area contributed by atoms with E-state index in [9.17, 15) is 9.59 Å². The molecule has 24 heavy (non-hydrogen) atoms. The zero-order chi connectivity index (χ0) is 17.7. The van der Waals surface area contributed by atoms with Crippen LogP contribution in [-0.4, -0.2) is 26.0 Å². The van der Waals surface area contributed by atoms with Crippen LogP contribution in [0.4, 0.5) is 11.4 Å². The zero-order valence-electron chi connectivity index (χ0n) is 13.5. The average Bonchev–Trinajstić information content (AvgIpc) is 2.57. The molecule has 2 rings (SSSR count). The fourth-order valence-electron chi connectivity index (χ4n) is 2.03. The van der Waals surface area contributed by atoms with E-state index in [2.05, 4.69) is 10.6 Å². The molecule has 6 nitrogen and oxygen atoms in total. The van der Waals surface area contributed by atoms with Gasteiger partial charge < -0.3 is 20.1 Å². The summed E-state index contributed by atoms with van der Waals surface area (Å²) in [5, 5.41) is 5.60. The van der Waals surface area contributed by atoms with Crippen LogP contribution >= 0.6 is 11.6 Å². The molecule has 0 aliphatic rings. The Morgan fingerprint density at radius 2 is 1.54 bits per heavy atom. The van der Waals surface area contributed by atoms with Crippen molar-refractivity contribution in [1.29, 1.82) is 0 Å². The van der Waals surface area contributed by atoms with Gasteiger partial charge in [0.25, 0.3) is 0 Å². The molecule has 0 aromatic heterocycles. The molecule has 126 valence electrons. The Morgan fingerprint density at radius 3 is 2.12 bits per heavy atom. The Morgan fingerprint density at radius 1 is 0.917 bits per heavy atom. The number of nitrogens with one attached hydrogen (secondary N) is 2. The van der Waals surface area contributed by atoms with Crippen LogP contribution < -0.4 is 20.1 Å². The van der Waals surface area contributed by atoms with E-state index in [1.54, 1.807) is 43.3 Å². The highest BCUT2D eigenvalue weighted by atomic mass is 35.5. The number of ether oxygens (including phenoxy) is 2. The monoisotopic (exact) mass is 348 g/mol. The molecule has 2 aromatic carbocycles. The van der Waals surface area contributed by atoms with Gasteiger partial charge in [0.2, 0.25) is 0 Å². The quantitative estimate of drug-likeness (QED) is 0.831. The lowest BCUT2D eigenvalue weighted by Crippen LogP contribution is -2.29. The van der Waals surface area contributed by atoms with Crippen LogP contribution in [0.5, 0.6) is 11.5 Å². The molecule has 0 saturated heterocycles. The van der Waals surface area contributed by atoms with E-state index in [1.165, 1.54) is 14.2 Å². The first-order chi connectivity index (χ1) is 11.4. The minimum absolute atomic E-state index is 0.367. The van der Waals surface area contributed by atoms with Crippen LogP contribution in [0, 0.1) is 6.92 Å². The Hall–Kier alpha value is -2.73. The zero-order valence-corrected chi connectivity index (χ0v) is 14.2. The Labute approximate surface area is 144 Å². The van der Waals surface area contributed by atoms with Crippen LogP contribution in [0.25, 0.3) is 0 Å². The predicted octanol–water partition coefficient (Wildman–Crippen LogP) is 3.24. The fraction of sp³-hybridized carbons (Fsp3) is 0.176. The summed E-state index contributed by atoms with van der Waals surface area (Å²) in [5.74, 6) is -0.643. The molecule has 2 N–H and O–H groups in total. The van der Waals surface area contributed by atoms with Gasteiger partial charge in [-0.3, -0.25) is 9.59 Å². The van der Waals surface area contributed by atoms with Gasteiger partial charge in [0, 0.05) is 16.8 Å². The lowest BCUT2D eigenvalue weighted by atomic mass is 10.2. The molecule has 2 amide bonds. The maximum Gasteiger partial charge on any atom is 0.314 e. The van der Waals surface area contributed by atoms with Crippen molar-refractivity contribution in [3.8, 4) is 11.5 Å². The van der Waals surface area contributed by atoms with E-state index in [1.807, 2.05) is 0 Å². The Bertz CT molecular complexity index is 777. The first-order valence-electron chi connectivity index (χ1n) is 7.05. The summed E-state index contributed by atoms with van der Waals surface area (Å²) >= 11 is 5.87. The molecule has 0 bridgehead atoms. The first-order valence-corrected chi connectivity index (χ1v) is 7.43. The third-order valence-corrected chi connectivity index (χ3v) is 3.53. The van der Waals surface area contributed by atoms with E-state index in [4.69, 9.17) is 21.1 Å². The number of rotatable bonds is 4. The number of methoxy groups -OCH3 is 2. The maximum atomic E-state index is 12.1. The Kier molecular flexibility index (Phi) is 5.65. The lowest BCUT2D eigenvalue weighted by Gasteiger charge is -2.12. The van der Waals surface area contributed by atoms with Crippen LogP contribution in [0.15, 0.2) is 36.4 Å². The number of aryl methyl sites for hydroxylation is 1. The predicted molar refractivity (Wildman–Crippen MR) is 93.0 cm³/mol. The fourth-order valence-corrected chi connectivity index (χ4v) is 2.25. The number of carbonyl (C=O) groups excluding carboxylic acids is 2. The van der Waals surface area contributed by atoms with E-state index in [0.29, 0.717) is 27.9 Å². The van der Waals surface area contributed by atoms with Crippen LogP contribution in [0.2, 0.25) is 5.02 Å². The van der Waals surface area contributed by atoms with E-state index >= 15 is 0 Å². The van der Waals surface area contributed by atoms with Gasteiger partial charge in [0.05, 0.1) is 19.9 Å². The van der Waals surface area contributed by atoms with Gasteiger partial charge >= 0.3 is 11.8 Å². The van der Waals surface area contributed by atoms with Crippen molar-refractivity contribution in [2.24, 2.45) is 0 Å². The van der Waals surface area contributed by atoms with Crippen molar-refractivity contribution in [3.63, 3.8) is 0 Å². The summed E-state index contributed by atoms with van der Waals surface area (Å²) in [6.45, 7) is 1.78. The molecule has 7 heteroatoms. The number of hydrogen-bond acceptors (Lipinski definition) is 4. The number of hydrogen-bond donors (Lipinski definition) is 2. The molecular formula is C17H17ClN2O4. The highest BCUT2D eigenvalue weighted by molar-refractivity contribution is 6.44. The van der Waals surface area contributed by atoms with E-state index in [0.717, 1.165) is 5.56 Å². The van der Waals surface area contributed by atoms with Crippen molar-refractivity contribution >= 4 is 34.8 Å². The highest BCUT2D eigenvalue weighted by Crippen LogP contribution is 2.29. The number of benzene rings is 2. The van der Waals surface area contributed by atoms with Crippen LogP contribution in [-0.2, 0) is 9.59 Å². The molecule has 0 aliphatic carbocycles. The SMILES string of the molecule is COc1ccc(NC(=O)C(=O)Nc2ccc(Cl)cc2C)c(OC)c1. The van der Waals surface area contributed by atoms with Gasteiger partial charge in [-0.05, 0) is 42.8 Å². The third kappa shape index (κ3) is 4.17. The summed E-state index contributed by atoms with van der Waals surface area (Å²) in [7, 11) is 2.98. The number of anilines is 2. The van der Waals surface area contributed by atoms with Gasteiger partial charge in [-0.15, -0.1) is 0 Å². The van der Waals surface area contributed by atoms with Gasteiger partial charge in [-0.25, -0.2) is 0 Å². The molecule has 0 heterocycles. The summed E-state index contributed by atoms with van der Waals surface area (Å²) < 4.78 is 10.3. The standard InChI is InChI=1S/C17H17ClN2O4/c1-10-8-11(18)4-6-13(10)19-16(21)17(22)20-14-7-5-12(23-2)9-15(14)24-3/h4-9H,1-3H3,(H,19,21)(H,20,22). The third-order valence-electron chi connectivity index (χ3n) is 3.30. The number of amides is 2. The topological polar surface area (TPSA) is 76.7 Å². The van der Waals surface area contributed by atoms with Gasteiger partial charge in [-0.1, -0.05) is 11.6 Å². The van der Waals surface area contributed by atoms with E-state index < -0.39 is 11.8 Å². The van der Waals surface area contributed by atoms with Crippen LogP contribution in [0.3, 0.4) is 0 Å². The molecule has 2 aromatic rings. The smallest absolute Gasteiger partial charge is 0.314 e. The second-order valence-corrected chi connectivity index (χ2v) is 5.37. The second kappa shape index (κ2) is 7.70. The van der Waals surface area contributed by atoms with Gasteiger partial charge in [0.1, 0.15) is 11.5 Å². The lowest BCUT2D eigenvalue weighted by molar-refractivity contribution is -0.133. The second-order valence-electron chi connectivity index (χ2n) is 4.93. The van der Waals surface area contributed by atoms with Crippen molar-refractivity contribution in [2.75, 3.05) is 24.9 Å². The summed E-state index contributed by atoms with van der Waals surface area (Å²) in [6, 6.07) is 9.82. The van der Waals surface area contributed by atoms with Crippen molar-refractivity contribution in [2.45, 2.75) is 6.92 Å². The van der Waals surface area contributed by atoms with Crippen molar-refractivity contribution in [1.82, 2.24) is 0 Å². The normalized spacial score (nSPS) is 10.0. The minimum atomic E-state index is -0.812. The van der Waals surface area contributed by atoms with Crippen LogP contribution in [0.1, 0.15) is 5.56 Å². The number of halogens is 1.